The molecule has 0 radical (unpaired) electrons. The van der Waals surface area contributed by atoms with Gasteiger partial charge in [-0.1, -0.05) is 30.7 Å². The number of allylic oxidation sites excluding steroid dienone is 2. The number of nitro groups is 1. The summed E-state index contributed by atoms with van der Waals surface area (Å²) in [7, 11) is 0. The van der Waals surface area contributed by atoms with Gasteiger partial charge in [0.05, 0.1) is 34.1 Å². The Balaban J connectivity index is 1.60. The molecular weight excluding hydrogens is 398 g/mol. The standard InChI is InChI=1S/C20H20ClN3O5/c1-3-10(2)29-18-14(21)6-11(7-15(18)24(27)28)9-22-23-19(25)16-12-4-5-13(8-12)17(16)20(23)26/h4-7,9-10,12-13,16-17H,3,8H2,1-2H3/t10-,12-,13-,16-,17+/m0/s1. The molecule has 1 saturated heterocycles. The second-order valence-electron chi connectivity index (χ2n) is 7.68. The molecule has 1 aliphatic heterocycles. The smallest absolute Gasteiger partial charge is 0.313 e. The number of benzene rings is 1. The molecule has 2 amide bonds. The third-order valence-electron chi connectivity index (χ3n) is 5.91. The maximum Gasteiger partial charge on any atom is 0.313 e. The highest BCUT2D eigenvalue weighted by molar-refractivity contribution is 6.32. The van der Waals surface area contributed by atoms with Crippen LogP contribution < -0.4 is 4.74 Å². The van der Waals surface area contributed by atoms with E-state index in [1.54, 1.807) is 6.92 Å². The van der Waals surface area contributed by atoms with Crippen LogP contribution in [-0.2, 0) is 9.59 Å². The first kappa shape index (κ1) is 19.6. The minimum atomic E-state index is -0.582. The van der Waals surface area contributed by atoms with Crippen LogP contribution in [0.25, 0.3) is 0 Å². The molecule has 8 nitrogen and oxygen atoms in total. The Morgan fingerprint density at radius 1 is 1.31 bits per heavy atom. The van der Waals surface area contributed by atoms with Crippen molar-refractivity contribution in [1.29, 1.82) is 0 Å². The molecule has 1 saturated carbocycles. The molecule has 4 rings (SSSR count). The Morgan fingerprint density at radius 3 is 2.48 bits per heavy atom. The summed E-state index contributed by atoms with van der Waals surface area (Å²) in [6.45, 7) is 3.69. The summed E-state index contributed by atoms with van der Waals surface area (Å²) in [6.07, 6.45) is 6.51. The molecule has 0 unspecified atom stereocenters. The maximum absolute atomic E-state index is 12.7. The van der Waals surface area contributed by atoms with Gasteiger partial charge in [0.1, 0.15) is 0 Å². The van der Waals surface area contributed by atoms with Gasteiger partial charge in [-0.25, -0.2) is 0 Å². The summed E-state index contributed by atoms with van der Waals surface area (Å²) in [5.41, 5.74) is 0.00870. The zero-order chi connectivity index (χ0) is 20.9. The molecule has 1 aromatic carbocycles. The van der Waals surface area contributed by atoms with Crippen molar-refractivity contribution in [2.75, 3.05) is 0 Å². The van der Waals surface area contributed by atoms with Crippen molar-refractivity contribution < 1.29 is 19.2 Å². The number of hydrogen-bond acceptors (Lipinski definition) is 6. The first-order chi connectivity index (χ1) is 13.8. The lowest BCUT2D eigenvalue weighted by atomic mass is 9.85. The number of rotatable bonds is 6. The van der Waals surface area contributed by atoms with E-state index in [-0.39, 0.29) is 58.0 Å². The number of imide groups is 1. The lowest BCUT2D eigenvalue weighted by molar-refractivity contribution is -0.386. The highest BCUT2D eigenvalue weighted by Crippen LogP contribution is 2.52. The Labute approximate surface area is 172 Å². The lowest BCUT2D eigenvalue weighted by Crippen LogP contribution is -2.28. The molecule has 1 aromatic rings. The molecule has 0 N–H and O–H groups in total. The van der Waals surface area contributed by atoms with Crippen LogP contribution in [0, 0.1) is 33.8 Å². The maximum atomic E-state index is 12.7. The summed E-state index contributed by atoms with van der Waals surface area (Å²) in [5.74, 6) is -1.15. The molecule has 2 aliphatic carbocycles. The second kappa shape index (κ2) is 7.26. The first-order valence-corrected chi connectivity index (χ1v) is 9.94. The summed E-state index contributed by atoms with van der Waals surface area (Å²) in [5, 5.41) is 16.5. The van der Waals surface area contributed by atoms with E-state index in [4.69, 9.17) is 16.3 Å². The summed E-state index contributed by atoms with van der Waals surface area (Å²) >= 11 is 6.21. The van der Waals surface area contributed by atoms with Crippen molar-refractivity contribution in [3.8, 4) is 5.75 Å². The summed E-state index contributed by atoms with van der Waals surface area (Å²) in [4.78, 5) is 36.2. The summed E-state index contributed by atoms with van der Waals surface area (Å²) < 4.78 is 5.59. The Bertz CT molecular complexity index is 930. The lowest BCUT2D eigenvalue weighted by Gasteiger charge is -2.14. The van der Waals surface area contributed by atoms with Crippen LogP contribution in [0.1, 0.15) is 32.3 Å². The zero-order valence-corrected chi connectivity index (χ0v) is 16.7. The van der Waals surface area contributed by atoms with Crippen LogP contribution >= 0.6 is 11.6 Å². The Hall–Kier alpha value is -2.74. The number of hydrazone groups is 1. The van der Waals surface area contributed by atoms with Gasteiger partial charge in [0.15, 0.2) is 0 Å². The van der Waals surface area contributed by atoms with E-state index >= 15 is 0 Å². The molecule has 9 heteroatoms. The van der Waals surface area contributed by atoms with E-state index in [0.717, 1.165) is 11.4 Å². The molecular formula is C20H20ClN3O5. The number of hydrogen-bond donors (Lipinski definition) is 0. The van der Waals surface area contributed by atoms with Gasteiger partial charge in [0, 0.05) is 11.6 Å². The molecule has 3 aliphatic rings. The quantitative estimate of drug-likeness (QED) is 0.231. The van der Waals surface area contributed by atoms with Gasteiger partial charge in [0.2, 0.25) is 5.75 Å². The van der Waals surface area contributed by atoms with Crippen molar-refractivity contribution >= 4 is 35.3 Å². The topological polar surface area (TPSA) is 102 Å². The number of halogens is 1. The molecule has 1 heterocycles. The SMILES string of the molecule is CC[C@H](C)Oc1c(Cl)cc(C=NN2C(=O)[C@@H]3[C@H](C2=O)[C@H]2C=C[C@H]3C2)cc1[N+](=O)[O-]. The number of nitro benzene ring substituents is 1. The Morgan fingerprint density at radius 2 is 1.93 bits per heavy atom. The van der Waals surface area contributed by atoms with Gasteiger partial charge in [-0.05, 0) is 37.7 Å². The van der Waals surface area contributed by atoms with Crippen molar-refractivity contribution in [3.05, 3.63) is 45.0 Å². The predicted molar refractivity (Wildman–Crippen MR) is 106 cm³/mol. The number of fused-ring (bicyclic) bond motifs is 5. The van der Waals surface area contributed by atoms with Gasteiger partial charge in [-0.3, -0.25) is 19.7 Å². The van der Waals surface area contributed by atoms with Crippen LogP contribution in [0.4, 0.5) is 5.69 Å². The molecule has 5 atom stereocenters. The predicted octanol–water partition coefficient (Wildman–Crippen LogP) is 3.57. The minimum Gasteiger partial charge on any atom is -0.483 e. The van der Waals surface area contributed by atoms with E-state index < -0.39 is 4.92 Å². The monoisotopic (exact) mass is 417 g/mol. The second-order valence-corrected chi connectivity index (χ2v) is 8.08. The molecule has 2 fully saturated rings. The van der Waals surface area contributed by atoms with E-state index in [2.05, 4.69) is 5.10 Å². The van der Waals surface area contributed by atoms with Crippen molar-refractivity contribution in [2.45, 2.75) is 32.8 Å². The third kappa shape index (κ3) is 3.21. The van der Waals surface area contributed by atoms with Gasteiger partial charge in [0.25, 0.3) is 11.8 Å². The number of ether oxygens (including phenoxy) is 1. The number of carbonyl (C=O) groups is 2. The van der Waals surface area contributed by atoms with Crippen molar-refractivity contribution in [3.63, 3.8) is 0 Å². The average molecular weight is 418 g/mol. The third-order valence-corrected chi connectivity index (χ3v) is 6.19. The van der Waals surface area contributed by atoms with Crippen LogP contribution in [-0.4, -0.2) is 34.1 Å². The van der Waals surface area contributed by atoms with Gasteiger partial charge in [-0.2, -0.15) is 10.1 Å². The zero-order valence-electron chi connectivity index (χ0n) is 15.9. The van der Waals surface area contributed by atoms with Crippen LogP contribution in [0.5, 0.6) is 5.75 Å². The largest absolute Gasteiger partial charge is 0.483 e. The van der Waals surface area contributed by atoms with E-state index in [9.17, 15) is 19.7 Å². The number of carbonyl (C=O) groups excluding carboxylic acids is 2. The minimum absolute atomic E-state index is 0.00586. The van der Waals surface area contributed by atoms with Crippen LogP contribution in [0.2, 0.25) is 5.02 Å². The first-order valence-electron chi connectivity index (χ1n) is 9.56. The van der Waals surface area contributed by atoms with Crippen molar-refractivity contribution in [2.24, 2.45) is 28.8 Å². The summed E-state index contributed by atoms with van der Waals surface area (Å²) in [6, 6.07) is 2.73. The molecule has 0 spiro atoms. The van der Waals surface area contributed by atoms with E-state index in [0.29, 0.717) is 12.0 Å². The fourth-order valence-corrected chi connectivity index (χ4v) is 4.60. The highest BCUT2D eigenvalue weighted by atomic mass is 35.5. The molecule has 29 heavy (non-hydrogen) atoms. The normalized spacial score (nSPS) is 28.4. The van der Waals surface area contributed by atoms with Crippen LogP contribution in [0.3, 0.4) is 0 Å². The number of amides is 2. The van der Waals surface area contributed by atoms with Gasteiger partial charge < -0.3 is 4.74 Å². The average Bonchev–Trinajstić information content (AvgIpc) is 3.36. The number of nitrogens with zero attached hydrogens (tertiary/aromatic N) is 3. The molecule has 2 bridgehead atoms. The molecule has 0 aromatic heterocycles. The fourth-order valence-electron chi connectivity index (χ4n) is 4.34. The van der Waals surface area contributed by atoms with Crippen molar-refractivity contribution in [1.82, 2.24) is 5.01 Å². The van der Waals surface area contributed by atoms with E-state index in [1.165, 1.54) is 18.3 Å². The highest BCUT2D eigenvalue weighted by Gasteiger charge is 2.59. The van der Waals surface area contributed by atoms with Gasteiger partial charge in [-0.15, -0.1) is 0 Å². The molecule has 152 valence electrons. The van der Waals surface area contributed by atoms with Gasteiger partial charge >= 0.3 is 5.69 Å². The van der Waals surface area contributed by atoms with E-state index in [1.807, 2.05) is 19.1 Å². The fraction of sp³-hybridized carbons (Fsp3) is 0.450. The Kier molecular flexibility index (Phi) is 4.90. The van der Waals surface area contributed by atoms with Crippen LogP contribution in [0.15, 0.2) is 29.4 Å².